The predicted octanol–water partition coefficient (Wildman–Crippen LogP) is 3.40. The van der Waals surface area contributed by atoms with Crippen molar-refractivity contribution in [1.82, 2.24) is 15.2 Å². The zero-order valence-electron chi connectivity index (χ0n) is 14.2. The summed E-state index contributed by atoms with van der Waals surface area (Å²) in [6.45, 7) is 9.63. The van der Waals surface area contributed by atoms with Crippen molar-refractivity contribution < 1.29 is 0 Å². The first kappa shape index (κ1) is 18.5. The molecule has 0 saturated carbocycles. The summed E-state index contributed by atoms with van der Waals surface area (Å²) in [6.07, 6.45) is 5.40. The van der Waals surface area contributed by atoms with E-state index in [1.54, 1.807) is 0 Å². The Labute approximate surface area is 134 Å². The van der Waals surface area contributed by atoms with E-state index in [9.17, 15) is 0 Å². The summed E-state index contributed by atoms with van der Waals surface area (Å²) in [4.78, 5) is 6.98. The molecular weight excluding hydrogens is 278 g/mol. The van der Waals surface area contributed by atoms with Crippen LogP contribution in [0.25, 0.3) is 0 Å². The van der Waals surface area contributed by atoms with Crippen molar-refractivity contribution in [3.63, 3.8) is 0 Å². The summed E-state index contributed by atoms with van der Waals surface area (Å²) in [5.41, 5.74) is 2.42. The summed E-state index contributed by atoms with van der Waals surface area (Å²) in [5, 5.41) is 3.45. The molecule has 0 spiro atoms. The lowest BCUT2D eigenvalue weighted by atomic mass is 10.2. The first-order valence-corrected chi connectivity index (χ1v) is 9.26. The molecule has 0 amide bonds. The molecule has 0 aliphatic heterocycles. The van der Waals surface area contributed by atoms with Crippen LogP contribution in [-0.2, 0) is 13.1 Å². The van der Waals surface area contributed by atoms with Gasteiger partial charge in [0.15, 0.2) is 0 Å². The van der Waals surface area contributed by atoms with Crippen molar-refractivity contribution in [3.8, 4) is 0 Å². The van der Waals surface area contributed by atoms with Gasteiger partial charge in [-0.3, -0.25) is 9.88 Å². The SMILES string of the molecule is CSCCC(C)N(C)Cc1ccc(CNCC(C)C)cn1. The molecule has 1 rings (SSSR count). The van der Waals surface area contributed by atoms with Crippen LogP contribution in [0.3, 0.4) is 0 Å². The Morgan fingerprint density at radius 2 is 2.05 bits per heavy atom. The highest BCUT2D eigenvalue weighted by molar-refractivity contribution is 7.98. The van der Waals surface area contributed by atoms with E-state index >= 15 is 0 Å². The van der Waals surface area contributed by atoms with Crippen LogP contribution in [0.5, 0.6) is 0 Å². The average molecular weight is 310 g/mol. The molecule has 3 nitrogen and oxygen atoms in total. The van der Waals surface area contributed by atoms with Gasteiger partial charge < -0.3 is 5.32 Å². The molecule has 4 heteroatoms. The Kier molecular flexibility index (Phi) is 8.97. The van der Waals surface area contributed by atoms with E-state index in [0.717, 1.165) is 25.3 Å². The van der Waals surface area contributed by atoms with Crippen molar-refractivity contribution in [2.45, 2.75) is 46.3 Å². The van der Waals surface area contributed by atoms with E-state index in [1.165, 1.54) is 17.7 Å². The molecule has 0 radical (unpaired) electrons. The van der Waals surface area contributed by atoms with E-state index in [1.807, 2.05) is 18.0 Å². The van der Waals surface area contributed by atoms with E-state index in [4.69, 9.17) is 0 Å². The Morgan fingerprint density at radius 3 is 2.62 bits per heavy atom. The number of thioether (sulfide) groups is 1. The second-order valence-electron chi connectivity index (χ2n) is 6.23. The maximum atomic E-state index is 4.59. The highest BCUT2D eigenvalue weighted by Crippen LogP contribution is 2.10. The van der Waals surface area contributed by atoms with Crippen molar-refractivity contribution >= 4 is 11.8 Å². The first-order chi connectivity index (χ1) is 10.0. The Morgan fingerprint density at radius 1 is 1.29 bits per heavy atom. The van der Waals surface area contributed by atoms with Gasteiger partial charge in [0, 0.05) is 25.3 Å². The fourth-order valence-electron chi connectivity index (χ4n) is 2.08. The highest BCUT2D eigenvalue weighted by atomic mass is 32.2. The second-order valence-corrected chi connectivity index (χ2v) is 7.21. The largest absolute Gasteiger partial charge is 0.312 e. The van der Waals surface area contributed by atoms with Gasteiger partial charge in [0.05, 0.1) is 5.69 Å². The highest BCUT2D eigenvalue weighted by Gasteiger charge is 2.09. The molecule has 0 bridgehead atoms. The van der Waals surface area contributed by atoms with Crippen LogP contribution in [0.15, 0.2) is 18.3 Å². The Bertz CT molecular complexity index is 378. The summed E-state index contributed by atoms with van der Waals surface area (Å²) >= 11 is 1.92. The standard InChI is InChI=1S/C17H31N3S/c1-14(2)10-18-11-16-6-7-17(19-12-16)13-20(4)15(3)8-9-21-5/h6-7,12,14-15,18H,8-11,13H2,1-5H3. The molecule has 0 saturated heterocycles. The van der Waals surface area contributed by atoms with Gasteiger partial charge in [-0.1, -0.05) is 19.9 Å². The maximum Gasteiger partial charge on any atom is 0.0544 e. The van der Waals surface area contributed by atoms with Crippen molar-refractivity contribution in [2.24, 2.45) is 5.92 Å². The van der Waals surface area contributed by atoms with Gasteiger partial charge in [0.1, 0.15) is 0 Å². The summed E-state index contributed by atoms with van der Waals surface area (Å²) < 4.78 is 0. The molecule has 1 N–H and O–H groups in total. The zero-order chi connectivity index (χ0) is 15.7. The molecular formula is C17H31N3S. The number of hydrogen-bond acceptors (Lipinski definition) is 4. The Balaban J connectivity index is 2.39. The van der Waals surface area contributed by atoms with Crippen LogP contribution in [-0.4, -0.2) is 41.5 Å². The smallest absolute Gasteiger partial charge is 0.0544 e. The molecule has 120 valence electrons. The fraction of sp³-hybridized carbons (Fsp3) is 0.706. The van der Waals surface area contributed by atoms with Crippen LogP contribution >= 0.6 is 11.8 Å². The van der Waals surface area contributed by atoms with E-state index in [-0.39, 0.29) is 0 Å². The van der Waals surface area contributed by atoms with Gasteiger partial charge in [-0.05, 0) is 56.5 Å². The van der Waals surface area contributed by atoms with Crippen LogP contribution in [0.1, 0.15) is 38.4 Å². The summed E-state index contributed by atoms with van der Waals surface area (Å²) in [6, 6.07) is 4.95. The van der Waals surface area contributed by atoms with Crippen molar-refractivity contribution in [1.29, 1.82) is 0 Å². The van der Waals surface area contributed by atoms with Crippen LogP contribution in [0.4, 0.5) is 0 Å². The number of aromatic nitrogens is 1. The number of rotatable bonds is 10. The minimum absolute atomic E-state index is 0.603. The van der Waals surface area contributed by atoms with Crippen LogP contribution in [0.2, 0.25) is 0 Å². The van der Waals surface area contributed by atoms with Gasteiger partial charge >= 0.3 is 0 Å². The lowest BCUT2D eigenvalue weighted by Crippen LogP contribution is -2.29. The molecule has 1 aromatic heterocycles. The van der Waals surface area contributed by atoms with E-state index < -0.39 is 0 Å². The normalized spacial score (nSPS) is 13.1. The third-order valence-electron chi connectivity index (χ3n) is 3.67. The third-order valence-corrected chi connectivity index (χ3v) is 4.32. The van der Waals surface area contributed by atoms with Gasteiger partial charge in [0.2, 0.25) is 0 Å². The van der Waals surface area contributed by atoms with E-state index in [0.29, 0.717) is 12.0 Å². The minimum Gasteiger partial charge on any atom is -0.312 e. The molecule has 0 fully saturated rings. The molecule has 0 aromatic carbocycles. The van der Waals surface area contributed by atoms with E-state index in [2.05, 4.69) is 61.4 Å². The molecule has 0 aliphatic carbocycles. The number of nitrogens with one attached hydrogen (secondary N) is 1. The Hall–Kier alpha value is -0.580. The van der Waals surface area contributed by atoms with Crippen LogP contribution in [0, 0.1) is 5.92 Å². The molecule has 1 aromatic rings. The van der Waals surface area contributed by atoms with Gasteiger partial charge in [-0.25, -0.2) is 0 Å². The van der Waals surface area contributed by atoms with Gasteiger partial charge in [0.25, 0.3) is 0 Å². The van der Waals surface area contributed by atoms with Crippen molar-refractivity contribution in [3.05, 3.63) is 29.6 Å². The quantitative estimate of drug-likeness (QED) is 0.717. The maximum absolute atomic E-state index is 4.59. The second kappa shape index (κ2) is 10.2. The first-order valence-electron chi connectivity index (χ1n) is 7.86. The zero-order valence-corrected chi connectivity index (χ0v) is 15.0. The topological polar surface area (TPSA) is 28.2 Å². The van der Waals surface area contributed by atoms with Gasteiger partial charge in [-0.15, -0.1) is 0 Å². The molecule has 21 heavy (non-hydrogen) atoms. The van der Waals surface area contributed by atoms with Crippen LogP contribution < -0.4 is 5.32 Å². The lowest BCUT2D eigenvalue weighted by molar-refractivity contribution is 0.242. The number of hydrogen-bond donors (Lipinski definition) is 1. The molecule has 1 unspecified atom stereocenters. The van der Waals surface area contributed by atoms with Crippen molar-refractivity contribution in [2.75, 3.05) is 25.6 Å². The molecule has 1 atom stereocenters. The molecule has 1 heterocycles. The van der Waals surface area contributed by atoms with Gasteiger partial charge in [-0.2, -0.15) is 11.8 Å². The third kappa shape index (κ3) is 7.84. The fourth-order valence-corrected chi connectivity index (χ4v) is 2.66. The summed E-state index contributed by atoms with van der Waals surface area (Å²) in [5.74, 6) is 1.91. The summed E-state index contributed by atoms with van der Waals surface area (Å²) in [7, 11) is 2.19. The lowest BCUT2D eigenvalue weighted by Gasteiger charge is -2.24. The minimum atomic E-state index is 0.603. The predicted molar refractivity (Wildman–Crippen MR) is 94.7 cm³/mol. The number of pyridine rings is 1. The molecule has 0 aliphatic rings. The average Bonchev–Trinajstić information content (AvgIpc) is 2.46. The number of nitrogens with zero attached hydrogens (tertiary/aromatic N) is 2. The monoisotopic (exact) mass is 309 g/mol.